The van der Waals surface area contributed by atoms with Gasteiger partial charge in [-0.05, 0) is 24.6 Å². The summed E-state index contributed by atoms with van der Waals surface area (Å²) in [6.07, 6.45) is -0.458. The standard InChI is InChI=1S/C12H18BrNO/c1-8(2)14-9(3)12(15)10-4-6-11(13)7-5-10/h4-9,12,14-15H,1-3H3/t9-,12+/m0/s1. The van der Waals surface area contributed by atoms with Gasteiger partial charge in [-0.15, -0.1) is 0 Å². The number of hydrogen-bond donors (Lipinski definition) is 2. The first-order valence-electron chi connectivity index (χ1n) is 5.20. The number of hydrogen-bond acceptors (Lipinski definition) is 2. The van der Waals surface area contributed by atoms with Crippen LogP contribution in [0.5, 0.6) is 0 Å². The molecule has 0 unspecified atom stereocenters. The summed E-state index contributed by atoms with van der Waals surface area (Å²) in [6.45, 7) is 6.14. The van der Waals surface area contributed by atoms with Gasteiger partial charge in [0.25, 0.3) is 0 Å². The van der Waals surface area contributed by atoms with Crippen molar-refractivity contribution in [1.29, 1.82) is 0 Å². The molecule has 84 valence electrons. The normalized spacial score (nSPS) is 15.3. The van der Waals surface area contributed by atoms with Crippen LogP contribution in [0.1, 0.15) is 32.4 Å². The highest BCUT2D eigenvalue weighted by atomic mass is 79.9. The maximum atomic E-state index is 10.1. The van der Waals surface area contributed by atoms with Crippen LogP contribution in [0, 0.1) is 0 Å². The predicted octanol–water partition coefficient (Wildman–Crippen LogP) is 2.87. The molecule has 0 aliphatic carbocycles. The molecule has 0 saturated carbocycles. The first kappa shape index (κ1) is 12.7. The summed E-state index contributed by atoms with van der Waals surface area (Å²) in [5.74, 6) is 0. The highest BCUT2D eigenvalue weighted by Crippen LogP contribution is 2.19. The van der Waals surface area contributed by atoms with Gasteiger partial charge in [-0.25, -0.2) is 0 Å². The van der Waals surface area contributed by atoms with E-state index in [1.807, 2.05) is 31.2 Å². The van der Waals surface area contributed by atoms with Crippen molar-refractivity contribution in [2.24, 2.45) is 0 Å². The Hall–Kier alpha value is -0.380. The number of rotatable bonds is 4. The summed E-state index contributed by atoms with van der Waals surface area (Å²) < 4.78 is 1.03. The molecule has 2 N–H and O–H groups in total. The first-order valence-corrected chi connectivity index (χ1v) is 5.99. The van der Waals surface area contributed by atoms with Crippen molar-refractivity contribution >= 4 is 15.9 Å². The highest BCUT2D eigenvalue weighted by molar-refractivity contribution is 9.10. The lowest BCUT2D eigenvalue weighted by molar-refractivity contribution is 0.132. The molecule has 0 fully saturated rings. The molecule has 0 bridgehead atoms. The molecule has 15 heavy (non-hydrogen) atoms. The van der Waals surface area contributed by atoms with Gasteiger partial charge in [0.15, 0.2) is 0 Å². The van der Waals surface area contributed by atoms with Crippen molar-refractivity contribution in [3.05, 3.63) is 34.3 Å². The van der Waals surface area contributed by atoms with Gasteiger partial charge in [-0.2, -0.15) is 0 Å². The fourth-order valence-corrected chi connectivity index (χ4v) is 1.83. The molecule has 2 nitrogen and oxygen atoms in total. The Bertz CT molecular complexity index is 297. The number of halogens is 1. The summed E-state index contributed by atoms with van der Waals surface area (Å²) in [7, 11) is 0. The molecular weight excluding hydrogens is 254 g/mol. The van der Waals surface area contributed by atoms with Crippen molar-refractivity contribution in [2.45, 2.75) is 39.0 Å². The average molecular weight is 272 g/mol. The lowest BCUT2D eigenvalue weighted by atomic mass is 10.0. The minimum atomic E-state index is -0.458. The molecule has 0 spiro atoms. The molecule has 2 atom stereocenters. The molecule has 1 rings (SSSR count). The molecule has 0 saturated heterocycles. The van der Waals surface area contributed by atoms with Crippen LogP contribution in [0.25, 0.3) is 0 Å². The van der Waals surface area contributed by atoms with Crippen LogP contribution < -0.4 is 5.32 Å². The molecular formula is C12H18BrNO. The minimum Gasteiger partial charge on any atom is -0.387 e. The second-order valence-electron chi connectivity index (χ2n) is 4.11. The number of nitrogens with one attached hydrogen (secondary N) is 1. The van der Waals surface area contributed by atoms with Gasteiger partial charge < -0.3 is 10.4 Å². The van der Waals surface area contributed by atoms with E-state index in [2.05, 4.69) is 35.1 Å². The zero-order chi connectivity index (χ0) is 11.4. The average Bonchev–Trinajstić information content (AvgIpc) is 2.17. The monoisotopic (exact) mass is 271 g/mol. The zero-order valence-electron chi connectivity index (χ0n) is 9.37. The van der Waals surface area contributed by atoms with Crippen molar-refractivity contribution < 1.29 is 5.11 Å². The summed E-state index contributed by atoms with van der Waals surface area (Å²) in [4.78, 5) is 0. The summed E-state index contributed by atoms with van der Waals surface area (Å²) in [6, 6.07) is 8.21. The Morgan fingerprint density at radius 3 is 2.13 bits per heavy atom. The van der Waals surface area contributed by atoms with Crippen LogP contribution in [0.4, 0.5) is 0 Å². The third-order valence-electron chi connectivity index (χ3n) is 2.28. The van der Waals surface area contributed by atoms with E-state index in [1.165, 1.54) is 0 Å². The SMILES string of the molecule is CC(C)N[C@@H](C)[C@@H](O)c1ccc(Br)cc1. The molecule has 0 aromatic heterocycles. The fraction of sp³-hybridized carbons (Fsp3) is 0.500. The van der Waals surface area contributed by atoms with Crippen LogP contribution in [0.2, 0.25) is 0 Å². The molecule has 0 aliphatic heterocycles. The summed E-state index contributed by atoms with van der Waals surface area (Å²) >= 11 is 3.37. The van der Waals surface area contributed by atoms with E-state index < -0.39 is 6.10 Å². The van der Waals surface area contributed by atoms with E-state index in [1.54, 1.807) is 0 Å². The maximum Gasteiger partial charge on any atom is 0.0940 e. The Morgan fingerprint density at radius 1 is 1.13 bits per heavy atom. The Labute approximate surface area is 99.8 Å². The van der Waals surface area contributed by atoms with E-state index in [4.69, 9.17) is 0 Å². The largest absolute Gasteiger partial charge is 0.387 e. The van der Waals surface area contributed by atoms with E-state index in [9.17, 15) is 5.11 Å². The molecule has 1 aromatic carbocycles. The molecule has 3 heteroatoms. The number of aliphatic hydroxyl groups excluding tert-OH is 1. The van der Waals surface area contributed by atoms with Gasteiger partial charge in [0.05, 0.1) is 6.10 Å². The van der Waals surface area contributed by atoms with Crippen molar-refractivity contribution in [1.82, 2.24) is 5.32 Å². The van der Waals surface area contributed by atoms with Gasteiger partial charge in [0.1, 0.15) is 0 Å². The van der Waals surface area contributed by atoms with E-state index in [0.717, 1.165) is 10.0 Å². The van der Waals surface area contributed by atoms with E-state index in [0.29, 0.717) is 6.04 Å². The molecule has 1 aromatic rings. The van der Waals surface area contributed by atoms with Crippen LogP contribution in [0.15, 0.2) is 28.7 Å². The third-order valence-corrected chi connectivity index (χ3v) is 2.81. The highest BCUT2D eigenvalue weighted by Gasteiger charge is 2.16. The van der Waals surface area contributed by atoms with E-state index >= 15 is 0 Å². The quantitative estimate of drug-likeness (QED) is 0.883. The van der Waals surface area contributed by atoms with Crippen LogP contribution >= 0.6 is 15.9 Å². The Kier molecular flexibility index (Phi) is 4.77. The second kappa shape index (κ2) is 5.64. The van der Waals surface area contributed by atoms with Gasteiger partial charge in [-0.3, -0.25) is 0 Å². The maximum absolute atomic E-state index is 10.1. The third kappa shape index (κ3) is 3.93. The van der Waals surface area contributed by atoms with Gasteiger partial charge in [0.2, 0.25) is 0 Å². The zero-order valence-corrected chi connectivity index (χ0v) is 11.0. The fourth-order valence-electron chi connectivity index (χ4n) is 1.57. The molecule has 0 aliphatic rings. The van der Waals surface area contributed by atoms with E-state index in [-0.39, 0.29) is 6.04 Å². The van der Waals surface area contributed by atoms with Crippen molar-refractivity contribution in [2.75, 3.05) is 0 Å². The Balaban J connectivity index is 2.67. The summed E-state index contributed by atoms with van der Waals surface area (Å²) in [5, 5.41) is 13.3. The lowest BCUT2D eigenvalue weighted by Crippen LogP contribution is -2.36. The number of benzene rings is 1. The smallest absolute Gasteiger partial charge is 0.0940 e. The van der Waals surface area contributed by atoms with Gasteiger partial charge >= 0.3 is 0 Å². The van der Waals surface area contributed by atoms with Crippen molar-refractivity contribution in [3.63, 3.8) is 0 Å². The lowest BCUT2D eigenvalue weighted by Gasteiger charge is -2.22. The minimum absolute atomic E-state index is 0.0613. The molecule has 0 amide bonds. The van der Waals surface area contributed by atoms with Gasteiger partial charge in [-0.1, -0.05) is 41.9 Å². The second-order valence-corrected chi connectivity index (χ2v) is 5.02. The van der Waals surface area contributed by atoms with Gasteiger partial charge in [0, 0.05) is 16.6 Å². The van der Waals surface area contributed by atoms with Crippen LogP contribution in [-0.2, 0) is 0 Å². The predicted molar refractivity (Wildman–Crippen MR) is 66.8 cm³/mol. The van der Waals surface area contributed by atoms with Crippen LogP contribution in [-0.4, -0.2) is 17.2 Å². The van der Waals surface area contributed by atoms with Crippen molar-refractivity contribution in [3.8, 4) is 0 Å². The summed E-state index contributed by atoms with van der Waals surface area (Å²) in [5.41, 5.74) is 0.943. The first-order chi connectivity index (χ1) is 7.00. The topological polar surface area (TPSA) is 32.3 Å². The number of aliphatic hydroxyl groups is 1. The molecule has 0 heterocycles. The molecule has 0 radical (unpaired) electrons. The Morgan fingerprint density at radius 2 is 1.67 bits per heavy atom. The van der Waals surface area contributed by atoms with Crippen LogP contribution in [0.3, 0.4) is 0 Å².